The SMILES string of the molecule is Nc1ccc(S(=O)(=O)N[C@@]2(C(F)(F)F)NC(=O)N(C3CCCC3)C2=O)cc1. The van der Waals surface area contributed by atoms with Crippen molar-refractivity contribution in [3.05, 3.63) is 24.3 Å². The lowest BCUT2D eigenvalue weighted by Gasteiger charge is -2.30. The van der Waals surface area contributed by atoms with Crippen molar-refractivity contribution in [1.29, 1.82) is 0 Å². The highest BCUT2D eigenvalue weighted by molar-refractivity contribution is 7.89. The number of halogens is 3. The maximum atomic E-state index is 13.8. The molecule has 2 fully saturated rings. The summed E-state index contributed by atoms with van der Waals surface area (Å²) in [5, 5.41) is 1.52. The molecule has 1 saturated heterocycles. The van der Waals surface area contributed by atoms with Crippen LogP contribution in [0.25, 0.3) is 0 Å². The Bertz CT molecular complexity index is 866. The van der Waals surface area contributed by atoms with Gasteiger partial charge in [0.2, 0.25) is 10.0 Å². The lowest BCUT2D eigenvalue weighted by molar-refractivity contribution is -0.198. The molecule has 1 aliphatic heterocycles. The Morgan fingerprint density at radius 2 is 1.70 bits per heavy atom. The van der Waals surface area contributed by atoms with Gasteiger partial charge in [-0.25, -0.2) is 13.2 Å². The summed E-state index contributed by atoms with van der Waals surface area (Å²) in [6, 6.07) is 2.41. The molecule has 1 atom stereocenters. The van der Waals surface area contributed by atoms with Crippen LogP contribution in [0.3, 0.4) is 0 Å². The Kier molecular flexibility index (Phi) is 4.58. The molecule has 1 heterocycles. The second-order valence-corrected chi connectivity index (χ2v) is 8.15. The van der Waals surface area contributed by atoms with E-state index in [0.29, 0.717) is 30.6 Å². The van der Waals surface area contributed by atoms with Crippen LogP contribution >= 0.6 is 0 Å². The van der Waals surface area contributed by atoms with E-state index in [1.165, 1.54) is 22.2 Å². The van der Waals surface area contributed by atoms with Crippen LogP contribution in [0.1, 0.15) is 25.7 Å². The number of amides is 3. The molecule has 0 bridgehead atoms. The summed E-state index contributed by atoms with van der Waals surface area (Å²) < 4.78 is 67.7. The van der Waals surface area contributed by atoms with Gasteiger partial charge in [-0.1, -0.05) is 12.8 Å². The number of anilines is 1. The average Bonchev–Trinajstić information content (AvgIpc) is 3.14. The van der Waals surface area contributed by atoms with Crippen LogP contribution in [0.5, 0.6) is 0 Å². The van der Waals surface area contributed by atoms with Crippen LogP contribution in [-0.4, -0.2) is 43.1 Å². The molecule has 1 aliphatic carbocycles. The van der Waals surface area contributed by atoms with Gasteiger partial charge in [-0.15, -0.1) is 0 Å². The van der Waals surface area contributed by atoms with Crippen molar-refractivity contribution >= 4 is 27.6 Å². The number of nitrogens with two attached hydrogens (primary N) is 1. The lowest BCUT2D eigenvalue weighted by Crippen LogP contribution is -2.69. The molecule has 12 heteroatoms. The highest BCUT2D eigenvalue weighted by Gasteiger charge is 2.70. The van der Waals surface area contributed by atoms with Gasteiger partial charge in [0.05, 0.1) is 4.90 Å². The van der Waals surface area contributed by atoms with Crippen molar-refractivity contribution in [2.75, 3.05) is 5.73 Å². The Morgan fingerprint density at radius 3 is 2.22 bits per heavy atom. The van der Waals surface area contributed by atoms with Crippen LogP contribution in [0.15, 0.2) is 29.2 Å². The molecule has 0 unspecified atom stereocenters. The number of carbonyl (C=O) groups excluding carboxylic acids is 2. The standard InChI is InChI=1S/C15H17F3N4O4S/c16-15(17,18)14(21-27(25,26)11-7-5-9(19)6-8-11)12(23)22(13(24)20-14)10-3-1-2-4-10/h5-8,10,21H,1-4,19H2,(H,20,24)/t14-/m0/s1. The molecule has 1 aromatic rings. The van der Waals surface area contributed by atoms with Crippen LogP contribution < -0.4 is 15.8 Å². The van der Waals surface area contributed by atoms with Gasteiger partial charge in [-0.05, 0) is 37.1 Å². The smallest absolute Gasteiger partial charge is 0.399 e. The largest absolute Gasteiger partial charge is 0.435 e. The Morgan fingerprint density at radius 1 is 1.15 bits per heavy atom. The van der Waals surface area contributed by atoms with E-state index in [0.717, 1.165) is 12.1 Å². The molecule has 148 valence electrons. The molecular weight excluding hydrogens is 389 g/mol. The van der Waals surface area contributed by atoms with Crippen LogP contribution in [-0.2, 0) is 14.8 Å². The third kappa shape index (κ3) is 3.23. The summed E-state index contributed by atoms with van der Waals surface area (Å²) in [5.74, 6) is -1.68. The highest BCUT2D eigenvalue weighted by Crippen LogP contribution is 2.38. The molecule has 0 spiro atoms. The molecule has 1 aromatic carbocycles. The van der Waals surface area contributed by atoms with Crippen LogP contribution in [0.4, 0.5) is 23.7 Å². The normalized spacial score (nSPS) is 24.5. The number of urea groups is 1. The number of benzene rings is 1. The number of nitrogen functional groups attached to an aromatic ring is 1. The highest BCUT2D eigenvalue weighted by atomic mass is 32.2. The summed E-state index contributed by atoms with van der Waals surface area (Å²) in [7, 11) is -4.79. The van der Waals surface area contributed by atoms with Gasteiger partial charge in [0.1, 0.15) is 0 Å². The number of sulfonamides is 1. The van der Waals surface area contributed by atoms with E-state index in [-0.39, 0.29) is 5.69 Å². The van der Waals surface area contributed by atoms with E-state index in [1.54, 1.807) is 0 Å². The molecule has 3 amide bonds. The summed E-state index contributed by atoms with van der Waals surface area (Å²) in [6.07, 6.45) is -3.32. The minimum absolute atomic E-state index is 0.206. The number of imide groups is 1. The summed E-state index contributed by atoms with van der Waals surface area (Å²) in [4.78, 5) is 24.7. The number of carbonyl (C=O) groups is 2. The number of hydrogen-bond acceptors (Lipinski definition) is 5. The molecule has 27 heavy (non-hydrogen) atoms. The van der Waals surface area contributed by atoms with E-state index in [9.17, 15) is 31.2 Å². The minimum Gasteiger partial charge on any atom is -0.399 e. The number of rotatable bonds is 4. The molecular formula is C15H17F3N4O4S. The van der Waals surface area contributed by atoms with E-state index >= 15 is 0 Å². The van der Waals surface area contributed by atoms with Crippen molar-refractivity contribution in [2.45, 2.75) is 48.5 Å². The third-order valence-electron chi connectivity index (χ3n) is 4.65. The number of hydrogen-bond donors (Lipinski definition) is 3. The van der Waals surface area contributed by atoms with E-state index < -0.39 is 44.7 Å². The Balaban J connectivity index is 2.00. The first-order valence-corrected chi connectivity index (χ1v) is 9.58. The summed E-state index contributed by atoms with van der Waals surface area (Å²) in [6.45, 7) is 0. The minimum atomic E-state index is -5.39. The van der Waals surface area contributed by atoms with E-state index in [1.807, 2.05) is 0 Å². The first-order valence-electron chi connectivity index (χ1n) is 8.10. The topological polar surface area (TPSA) is 122 Å². The van der Waals surface area contributed by atoms with Crippen molar-refractivity contribution in [3.8, 4) is 0 Å². The van der Waals surface area contributed by atoms with Crippen molar-refractivity contribution in [2.24, 2.45) is 0 Å². The van der Waals surface area contributed by atoms with Gasteiger partial charge >= 0.3 is 12.2 Å². The number of nitrogens with zero attached hydrogens (tertiary/aromatic N) is 1. The van der Waals surface area contributed by atoms with Gasteiger partial charge in [-0.2, -0.15) is 17.9 Å². The Labute approximate surface area is 152 Å². The van der Waals surface area contributed by atoms with Crippen LogP contribution in [0, 0.1) is 0 Å². The zero-order valence-corrected chi connectivity index (χ0v) is 14.7. The maximum absolute atomic E-state index is 13.8. The van der Waals surface area contributed by atoms with Gasteiger partial charge in [0, 0.05) is 11.7 Å². The van der Waals surface area contributed by atoms with Crippen molar-refractivity contribution in [1.82, 2.24) is 14.9 Å². The van der Waals surface area contributed by atoms with Gasteiger partial charge in [0.25, 0.3) is 11.6 Å². The van der Waals surface area contributed by atoms with Gasteiger partial charge in [0.15, 0.2) is 0 Å². The predicted molar refractivity (Wildman–Crippen MR) is 87.6 cm³/mol. The third-order valence-corrected chi connectivity index (χ3v) is 6.11. The fourth-order valence-corrected chi connectivity index (χ4v) is 4.54. The molecule has 4 N–H and O–H groups in total. The fourth-order valence-electron chi connectivity index (χ4n) is 3.27. The predicted octanol–water partition coefficient (Wildman–Crippen LogP) is 1.30. The van der Waals surface area contributed by atoms with Gasteiger partial charge < -0.3 is 11.1 Å². The molecule has 0 radical (unpaired) electrons. The molecule has 0 aromatic heterocycles. The zero-order chi connectivity index (χ0) is 20.0. The Hall–Kier alpha value is -2.34. The second kappa shape index (κ2) is 6.37. The number of nitrogens with one attached hydrogen (secondary N) is 2. The summed E-state index contributed by atoms with van der Waals surface area (Å²) >= 11 is 0. The van der Waals surface area contributed by atoms with Crippen LogP contribution in [0.2, 0.25) is 0 Å². The van der Waals surface area contributed by atoms with E-state index in [4.69, 9.17) is 5.73 Å². The average molecular weight is 406 g/mol. The molecule has 3 rings (SSSR count). The zero-order valence-electron chi connectivity index (χ0n) is 13.9. The molecule has 2 aliphatic rings. The van der Waals surface area contributed by atoms with Crippen molar-refractivity contribution in [3.63, 3.8) is 0 Å². The van der Waals surface area contributed by atoms with Crippen molar-refractivity contribution < 1.29 is 31.2 Å². The maximum Gasteiger partial charge on any atom is 0.435 e. The fraction of sp³-hybridized carbons (Fsp3) is 0.467. The first-order chi connectivity index (χ1) is 12.5. The summed E-state index contributed by atoms with van der Waals surface area (Å²) in [5.41, 5.74) is 1.89. The van der Waals surface area contributed by atoms with Gasteiger partial charge in [-0.3, -0.25) is 9.69 Å². The molecule has 1 saturated carbocycles. The van der Waals surface area contributed by atoms with E-state index in [2.05, 4.69) is 0 Å². The quantitative estimate of drug-likeness (QED) is 0.514. The number of alkyl halides is 3. The lowest BCUT2D eigenvalue weighted by atomic mass is 10.1. The molecule has 8 nitrogen and oxygen atoms in total. The first kappa shape index (κ1) is 19.4. The monoisotopic (exact) mass is 406 g/mol. The second-order valence-electron chi connectivity index (χ2n) is 6.47.